The van der Waals surface area contributed by atoms with Crippen LogP contribution in [-0.2, 0) is 14.3 Å². The monoisotopic (exact) mass is 427 g/mol. The van der Waals surface area contributed by atoms with Crippen LogP contribution in [0.3, 0.4) is 0 Å². The topological polar surface area (TPSA) is 97.9 Å². The number of pyridine rings is 1. The van der Waals surface area contributed by atoms with E-state index < -0.39 is 5.97 Å². The molecule has 0 saturated carbocycles. The molecule has 1 saturated heterocycles. The summed E-state index contributed by atoms with van der Waals surface area (Å²) in [7, 11) is 0. The quantitative estimate of drug-likeness (QED) is 0.505. The lowest BCUT2D eigenvalue weighted by molar-refractivity contribution is -0.143. The summed E-state index contributed by atoms with van der Waals surface area (Å²) in [6.45, 7) is 6.36. The summed E-state index contributed by atoms with van der Waals surface area (Å²) in [6.07, 6.45) is 10.8. The van der Waals surface area contributed by atoms with Crippen LogP contribution in [0, 0.1) is 11.8 Å². The van der Waals surface area contributed by atoms with Crippen LogP contribution >= 0.6 is 11.8 Å². The Morgan fingerprint density at radius 3 is 2.97 bits per heavy atom. The van der Waals surface area contributed by atoms with Gasteiger partial charge in [-0.25, -0.2) is 4.98 Å². The van der Waals surface area contributed by atoms with Crippen molar-refractivity contribution in [3.05, 3.63) is 65.8 Å². The van der Waals surface area contributed by atoms with Crippen molar-refractivity contribution in [2.45, 2.75) is 23.8 Å². The second-order valence-electron chi connectivity index (χ2n) is 7.60. The first-order chi connectivity index (χ1) is 14.5. The molecule has 3 aliphatic rings. The first-order valence-corrected chi connectivity index (χ1v) is 10.8. The summed E-state index contributed by atoms with van der Waals surface area (Å²) in [5, 5.41) is 9.66. The van der Waals surface area contributed by atoms with Crippen LogP contribution in [0.1, 0.15) is 12.8 Å². The molecule has 158 valence electrons. The van der Waals surface area contributed by atoms with Gasteiger partial charge >= 0.3 is 5.97 Å². The lowest BCUT2D eigenvalue weighted by atomic mass is 9.90. The molecule has 7 nitrogen and oxygen atoms in total. The van der Waals surface area contributed by atoms with Gasteiger partial charge in [0.05, 0.1) is 17.1 Å². The number of hydrogen-bond acceptors (Lipinski definition) is 7. The van der Waals surface area contributed by atoms with Crippen molar-refractivity contribution in [3.8, 4) is 0 Å². The third-order valence-electron chi connectivity index (χ3n) is 5.55. The number of likely N-dealkylation sites (tertiary alicyclic amines) is 1. The standard InChI is InChI=1S/C22H25N3O4S/c1-14(30-20-3-2-8-24-21(20)23)29-17-4-5-18-16(13-28-19(18)11-17)12-25-9-6-15(7-10-25)22(26)27/h2-5,8,11,13,15,18-19H,1,6-7,9-10,12H2,(H2,23,24)(H,26,27). The normalized spacial score (nSPS) is 23.9. The Hall–Kier alpha value is -2.71. The SMILES string of the molecule is C=C(OC1=CC2OC=C(CN3CCC(C(=O)O)CC3)C2C=C1)Sc1cccnc1N. The number of piperidine rings is 1. The number of nitrogen functional groups attached to an aromatic ring is 1. The number of nitrogens with zero attached hydrogens (tertiary/aromatic N) is 2. The van der Waals surface area contributed by atoms with Crippen LogP contribution in [0.4, 0.5) is 5.82 Å². The molecular formula is C22H25N3O4S. The smallest absolute Gasteiger partial charge is 0.306 e. The number of carboxylic acid groups (broad SMARTS) is 1. The van der Waals surface area contributed by atoms with Gasteiger partial charge in [0.15, 0.2) is 5.09 Å². The molecule has 2 aliphatic heterocycles. The van der Waals surface area contributed by atoms with Gasteiger partial charge in [0.1, 0.15) is 17.7 Å². The third kappa shape index (κ3) is 4.71. The van der Waals surface area contributed by atoms with E-state index in [0.29, 0.717) is 29.5 Å². The van der Waals surface area contributed by atoms with Crippen molar-refractivity contribution in [2.75, 3.05) is 25.4 Å². The van der Waals surface area contributed by atoms with Gasteiger partial charge in [-0.05, 0) is 74.1 Å². The fourth-order valence-electron chi connectivity index (χ4n) is 3.90. The number of allylic oxidation sites excluding steroid dienone is 1. The molecule has 0 bridgehead atoms. The second-order valence-corrected chi connectivity index (χ2v) is 8.70. The molecular weight excluding hydrogens is 402 g/mol. The molecule has 0 spiro atoms. The van der Waals surface area contributed by atoms with Gasteiger partial charge in [-0.15, -0.1) is 0 Å². The van der Waals surface area contributed by atoms with E-state index in [2.05, 4.69) is 22.5 Å². The molecule has 8 heteroatoms. The van der Waals surface area contributed by atoms with E-state index in [0.717, 1.165) is 24.5 Å². The summed E-state index contributed by atoms with van der Waals surface area (Å²) >= 11 is 1.33. The minimum Gasteiger partial charge on any atom is -0.493 e. The summed E-state index contributed by atoms with van der Waals surface area (Å²) in [5.41, 5.74) is 7.07. The van der Waals surface area contributed by atoms with Crippen LogP contribution < -0.4 is 5.73 Å². The third-order valence-corrected chi connectivity index (χ3v) is 6.43. The van der Waals surface area contributed by atoms with E-state index in [-0.39, 0.29) is 17.9 Å². The highest BCUT2D eigenvalue weighted by Gasteiger charge is 2.33. The van der Waals surface area contributed by atoms with Gasteiger partial charge in [0, 0.05) is 18.7 Å². The van der Waals surface area contributed by atoms with Gasteiger partial charge in [-0.3, -0.25) is 9.69 Å². The average molecular weight is 428 g/mol. The number of nitrogens with two attached hydrogens (primary N) is 1. The van der Waals surface area contributed by atoms with Gasteiger partial charge in [-0.1, -0.05) is 6.08 Å². The van der Waals surface area contributed by atoms with Crippen molar-refractivity contribution in [1.82, 2.24) is 9.88 Å². The molecule has 0 radical (unpaired) electrons. The van der Waals surface area contributed by atoms with Crippen molar-refractivity contribution in [1.29, 1.82) is 0 Å². The summed E-state index contributed by atoms with van der Waals surface area (Å²) < 4.78 is 11.7. The van der Waals surface area contributed by atoms with E-state index >= 15 is 0 Å². The Morgan fingerprint density at radius 1 is 1.43 bits per heavy atom. The zero-order valence-corrected chi connectivity index (χ0v) is 17.4. The van der Waals surface area contributed by atoms with Gasteiger partial charge < -0.3 is 20.3 Å². The molecule has 3 N–H and O–H groups in total. The molecule has 2 atom stereocenters. The van der Waals surface area contributed by atoms with Crippen LogP contribution in [0.5, 0.6) is 0 Å². The zero-order chi connectivity index (χ0) is 21.1. The van der Waals surface area contributed by atoms with Gasteiger partial charge in [0.25, 0.3) is 0 Å². The minimum atomic E-state index is -0.683. The summed E-state index contributed by atoms with van der Waals surface area (Å²) in [5.74, 6) is 0.406. The number of thioether (sulfide) groups is 1. The van der Waals surface area contributed by atoms with Gasteiger partial charge in [0.2, 0.25) is 0 Å². The number of rotatable bonds is 7. The highest BCUT2D eigenvalue weighted by atomic mass is 32.2. The number of fused-ring (bicyclic) bond motifs is 1. The molecule has 30 heavy (non-hydrogen) atoms. The number of anilines is 1. The molecule has 1 aromatic rings. The minimum absolute atomic E-state index is 0.0992. The number of ether oxygens (including phenoxy) is 2. The maximum Gasteiger partial charge on any atom is 0.306 e. The van der Waals surface area contributed by atoms with E-state index in [1.54, 1.807) is 6.20 Å². The Balaban J connectivity index is 1.29. The molecule has 1 aromatic heterocycles. The fourth-order valence-corrected chi connectivity index (χ4v) is 4.59. The molecule has 0 aromatic carbocycles. The predicted molar refractivity (Wildman–Crippen MR) is 115 cm³/mol. The largest absolute Gasteiger partial charge is 0.493 e. The van der Waals surface area contributed by atoms with Crippen molar-refractivity contribution >= 4 is 23.5 Å². The van der Waals surface area contributed by atoms with E-state index in [1.807, 2.05) is 30.5 Å². The average Bonchev–Trinajstić information content (AvgIpc) is 3.12. The number of carboxylic acids is 1. The molecule has 4 rings (SSSR count). The fraction of sp³-hybridized carbons (Fsp3) is 0.364. The van der Waals surface area contributed by atoms with Crippen molar-refractivity contribution < 1.29 is 19.4 Å². The Bertz CT molecular complexity index is 919. The zero-order valence-electron chi connectivity index (χ0n) is 16.6. The van der Waals surface area contributed by atoms with Crippen molar-refractivity contribution in [2.24, 2.45) is 11.8 Å². The van der Waals surface area contributed by atoms with Crippen LogP contribution in [0.15, 0.2) is 70.7 Å². The van der Waals surface area contributed by atoms with E-state index in [1.165, 1.54) is 17.3 Å². The first kappa shape index (κ1) is 20.6. The Kier molecular flexibility index (Phi) is 6.15. The maximum absolute atomic E-state index is 11.1. The van der Waals surface area contributed by atoms with E-state index in [4.69, 9.17) is 20.3 Å². The van der Waals surface area contributed by atoms with Crippen LogP contribution in [0.25, 0.3) is 0 Å². The highest BCUT2D eigenvalue weighted by molar-refractivity contribution is 8.03. The lowest BCUT2D eigenvalue weighted by Gasteiger charge is -2.31. The first-order valence-electron chi connectivity index (χ1n) is 9.94. The maximum atomic E-state index is 11.1. The van der Waals surface area contributed by atoms with Gasteiger partial charge in [-0.2, -0.15) is 0 Å². The summed E-state index contributed by atoms with van der Waals surface area (Å²) in [4.78, 5) is 18.3. The van der Waals surface area contributed by atoms with E-state index in [9.17, 15) is 4.79 Å². The number of aromatic nitrogens is 1. The Morgan fingerprint density at radius 2 is 2.23 bits per heavy atom. The number of carbonyl (C=O) groups is 1. The predicted octanol–water partition coefficient (Wildman–Crippen LogP) is 3.39. The number of aliphatic carboxylic acids is 1. The lowest BCUT2D eigenvalue weighted by Crippen LogP contribution is -2.38. The second kappa shape index (κ2) is 8.97. The number of hydrogen-bond donors (Lipinski definition) is 2. The molecule has 0 amide bonds. The molecule has 1 aliphatic carbocycles. The van der Waals surface area contributed by atoms with Crippen LogP contribution in [0.2, 0.25) is 0 Å². The molecule has 2 unspecified atom stereocenters. The van der Waals surface area contributed by atoms with Crippen LogP contribution in [-0.4, -0.2) is 46.7 Å². The summed E-state index contributed by atoms with van der Waals surface area (Å²) in [6, 6.07) is 3.69. The molecule has 1 fully saturated rings. The molecule has 3 heterocycles. The van der Waals surface area contributed by atoms with Crippen molar-refractivity contribution in [3.63, 3.8) is 0 Å². The highest BCUT2D eigenvalue weighted by Crippen LogP contribution is 2.36. The Labute approximate surface area is 179 Å².